The molecular formula is C17H19ClO. The third-order valence-electron chi connectivity index (χ3n) is 3.46. The van der Waals surface area contributed by atoms with Crippen molar-refractivity contribution in [3.8, 4) is 0 Å². The summed E-state index contributed by atoms with van der Waals surface area (Å²) in [4.78, 5) is 0. The van der Waals surface area contributed by atoms with Crippen molar-refractivity contribution in [2.75, 3.05) is 0 Å². The van der Waals surface area contributed by atoms with Crippen LogP contribution in [0.25, 0.3) is 0 Å². The van der Waals surface area contributed by atoms with Gasteiger partial charge < -0.3 is 5.11 Å². The van der Waals surface area contributed by atoms with E-state index in [1.807, 2.05) is 54.6 Å². The van der Waals surface area contributed by atoms with Gasteiger partial charge in [0.05, 0.1) is 0 Å². The van der Waals surface area contributed by atoms with E-state index in [-0.39, 0.29) is 0 Å². The van der Waals surface area contributed by atoms with Crippen molar-refractivity contribution in [1.29, 1.82) is 0 Å². The van der Waals surface area contributed by atoms with E-state index >= 15 is 0 Å². The Morgan fingerprint density at radius 1 is 1.00 bits per heavy atom. The van der Waals surface area contributed by atoms with Gasteiger partial charge in [0, 0.05) is 10.6 Å². The fourth-order valence-corrected chi connectivity index (χ4v) is 2.67. The number of hydrogen-bond donors (Lipinski definition) is 1. The Morgan fingerprint density at radius 3 is 2.26 bits per heavy atom. The van der Waals surface area contributed by atoms with Crippen LogP contribution in [-0.4, -0.2) is 5.11 Å². The van der Waals surface area contributed by atoms with Crippen LogP contribution >= 0.6 is 11.6 Å². The van der Waals surface area contributed by atoms with Crippen LogP contribution in [0.5, 0.6) is 0 Å². The van der Waals surface area contributed by atoms with Crippen LogP contribution in [0.4, 0.5) is 0 Å². The Labute approximate surface area is 119 Å². The second-order valence-electron chi connectivity index (χ2n) is 4.81. The van der Waals surface area contributed by atoms with Crippen molar-refractivity contribution in [3.05, 3.63) is 70.7 Å². The van der Waals surface area contributed by atoms with E-state index in [1.165, 1.54) is 0 Å². The van der Waals surface area contributed by atoms with E-state index in [4.69, 9.17) is 11.6 Å². The summed E-state index contributed by atoms with van der Waals surface area (Å²) in [7, 11) is 0. The monoisotopic (exact) mass is 274 g/mol. The predicted octanol–water partition coefficient (Wildman–Crippen LogP) is 4.77. The van der Waals surface area contributed by atoms with Crippen molar-refractivity contribution in [1.82, 2.24) is 0 Å². The Hall–Kier alpha value is -1.31. The molecule has 0 spiro atoms. The normalized spacial score (nSPS) is 14.1. The summed E-state index contributed by atoms with van der Waals surface area (Å²) in [6.07, 6.45) is 2.67. The highest BCUT2D eigenvalue weighted by molar-refractivity contribution is 6.31. The van der Waals surface area contributed by atoms with E-state index < -0.39 is 5.60 Å². The first kappa shape index (κ1) is 14.1. The number of hydrogen-bond acceptors (Lipinski definition) is 1. The van der Waals surface area contributed by atoms with Gasteiger partial charge in [0.2, 0.25) is 0 Å². The SMILES string of the molecule is CCCCC(O)(c1ccccc1)c1ccccc1Cl. The number of benzene rings is 2. The first-order valence-electron chi connectivity index (χ1n) is 6.71. The second-order valence-corrected chi connectivity index (χ2v) is 5.22. The number of unbranched alkanes of at least 4 members (excludes halogenated alkanes) is 1. The highest BCUT2D eigenvalue weighted by atomic mass is 35.5. The van der Waals surface area contributed by atoms with Gasteiger partial charge in [-0.15, -0.1) is 0 Å². The second kappa shape index (κ2) is 6.23. The highest BCUT2D eigenvalue weighted by Crippen LogP contribution is 2.38. The van der Waals surface area contributed by atoms with Gasteiger partial charge in [0.25, 0.3) is 0 Å². The average Bonchev–Trinajstić information content (AvgIpc) is 2.46. The predicted molar refractivity (Wildman–Crippen MR) is 80.4 cm³/mol. The largest absolute Gasteiger partial charge is 0.380 e. The zero-order valence-electron chi connectivity index (χ0n) is 11.1. The quantitative estimate of drug-likeness (QED) is 0.833. The van der Waals surface area contributed by atoms with E-state index in [0.717, 1.165) is 24.0 Å². The number of aliphatic hydroxyl groups is 1. The third kappa shape index (κ3) is 2.99. The molecule has 0 saturated carbocycles. The van der Waals surface area contributed by atoms with Gasteiger partial charge in [-0.2, -0.15) is 0 Å². The number of halogens is 1. The van der Waals surface area contributed by atoms with Crippen molar-refractivity contribution in [2.45, 2.75) is 31.8 Å². The lowest BCUT2D eigenvalue weighted by Crippen LogP contribution is -2.27. The topological polar surface area (TPSA) is 20.2 Å². The molecule has 1 unspecified atom stereocenters. The molecule has 19 heavy (non-hydrogen) atoms. The van der Waals surface area contributed by atoms with E-state index in [2.05, 4.69) is 6.92 Å². The molecule has 1 nitrogen and oxygen atoms in total. The molecular weight excluding hydrogens is 256 g/mol. The molecule has 0 saturated heterocycles. The lowest BCUT2D eigenvalue weighted by molar-refractivity contribution is 0.0686. The molecule has 0 amide bonds. The summed E-state index contributed by atoms with van der Waals surface area (Å²) in [5.74, 6) is 0. The molecule has 0 bridgehead atoms. The Kier molecular flexibility index (Phi) is 4.62. The smallest absolute Gasteiger partial charge is 0.116 e. The van der Waals surface area contributed by atoms with Gasteiger partial charge in [-0.05, 0) is 18.1 Å². The first-order chi connectivity index (χ1) is 9.18. The van der Waals surface area contributed by atoms with Crippen molar-refractivity contribution in [2.24, 2.45) is 0 Å². The molecule has 0 radical (unpaired) electrons. The first-order valence-corrected chi connectivity index (χ1v) is 7.09. The van der Waals surface area contributed by atoms with E-state index in [1.54, 1.807) is 0 Å². The van der Waals surface area contributed by atoms with Gasteiger partial charge >= 0.3 is 0 Å². The van der Waals surface area contributed by atoms with Crippen LogP contribution in [0.3, 0.4) is 0 Å². The maximum Gasteiger partial charge on any atom is 0.116 e. The van der Waals surface area contributed by atoms with E-state index in [0.29, 0.717) is 11.4 Å². The minimum Gasteiger partial charge on any atom is -0.380 e. The van der Waals surface area contributed by atoms with Crippen molar-refractivity contribution in [3.63, 3.8) is 0 Å². The highest BCUT2D eigenvalue weighted by Gasteiger charge is 2.32. The molecule has 2 heteroatoms. The van der Waals surface area contributed by atoms with Crippen molar-refractivity contribution < 1.29 is 5.11 Å². The van der Waals surface area contributed by atoms with Crippen LogP contribution < -0.4 is 0 Å². The van der Waals surface area contributed by atoms with Crippen LogP contribution in [0, 0.1) is 0 Å². The molecule has 2 aromatic carbocycles. The fraction of sp³-hybridized carbons (Fsp3) is 0.294. The summed E-state index contributed by atoms with van der Waals surface area (Å²) < 4.78 is 0. The summed E-state index contributed by atoms with van der Waals surface area (Å²) in [5, 5.41) is 11.8. The molecule has 2 aromatic rings. The Balaban J connectivity index is 2.49. The molecule has 0 heterocycles. The fourth-order valence-electron chi connectivity index (χ4n) is 2.38. The summed E-state index contributed by atoms with van der Waals surface area (Å²) >= 11 is 6.28. The Morgan fingerprint density at radius 2 is 1.63 bits per heavy atom. The summed E-state index contributed by atoms with van der Waals surface area (Å²) in [5.41, 5.74) is 0.683. The molecule has 1 atom stereocenters. The molecule has 0 aliphatic rings. The molecule has 100 valence electrons. The minimum atomic E-state index is -1.00. The molecule has 0 aromatic heterocycles. The van der Waals surface area contributed by atoms with Crippen LogP contribution in [0.15, 0.2) is 54.6 Å². The Bertz CT molecular complexity index is 524. The zero-order valence-corrected chi connectivity index (χ0v) is 11.9. The van der Waals surface area contributed by atoms with Gasteiger partial charge in [-0.3, -0.25) is 0 Å². The molecule has 0 fully saturated rings. The van der Waals surface area contributed by atoms with Crippen LogP contribution in [0.2, 0.25) is 5.02 Å². The molecule has 0 aliphatic carbocycles. The lowest BCUT2D eigenvalue weighted by Gasteiger charge is -2.30. The van der Waals surface area contributed by atoms with Crippen LogP contribution in [-0.2, 0) is 5.60 Å². The number of rotatable bonds is 5. The van der Waals surface area contributed by atoms with Crippen molar-refractivity contribution >= 4 is 11.6 Å². The minimum absolute atomic E-state index is 0.616. The molecule has 2 rings (SSSR count). The molecule has 0 aliphatic heterocycles. The van der Waals surface area contributed by atoms with Gasteiger partial charge in [-0.1, -0.05) is 79.9 Å². The van der Waals surface area contributed by atoms with Gasteiger partial charge in [-0.25, -0.2) is 0 Å². The maximum atomic E-state index is 11.2. The standard InChI is InChI=1S/C17H19ClO/c1-2-3-13-17(19,14-9-5-4-6-10-14)15-11-7-8-12-16(15)18/h4-12,19H,2-3,13H2,1H3. The third-order valence-corrected chi connectivity index (χ3v) is 3.79. The molecule has 1 N–H and O–H groups in total. The van der Waals surface area contributed by atoms with E-state index in [9.17, 15) is 5.11 Å². The summed E-state index contributed by atoms with van der Waals surface area (Å²) in [6, 6.07) is 17.3. The maximum absolute atomic E-state index is 11.2. The summed E-state index contributed by atoms with van der Waals surface area (Å²) in [6.45, 7) is 2.12. The lowest BCUT2D eigenvalue weighted by atomic mass is 9.82. The van der Waals surface area contributed by atoms with Crippen LogP contribution in [0.1, 0.15) is 37.3 Å². The van der Waals surface area contributed by atoms with Gasteiger partial charge in [0.15, 0.2) is 0 Å². The average molecular weight is 275 g/mol. The zero-order chi connectivity index (χ0) is 13.7. The van der Waals surface area contributed by atoms with Gasteiger partial charge in [0.1, 0.15) is 5.60 Å².